The van der Waals surface area contributed by atoms with E-state index < -0.39 is 11.9 Å². The molecule has 4 N–H and O–H groups in total. The molecular formula is C19H20N6O3S. The van der Waals surface area contributed by atoms with E-state index in [1.165, 1.54) is 4.68 Å². The standard InChI is InChI=1S/C19H20N6O3S/c1-28-15-10-6-5-9-14(15)17-23-24-19(25(17)20)29-12-16(26)22-18(27)21-11-13-7-3-2-4-8-13/h2-10H,11-12,20H2,1H3,(H2,21,22,26,27). The predicted molar refractivity (Wildman–Crippen MR) is 110 cm³/mol. The first-order valence-electron chi connectivity index (χ1n) is 8.66. The molecule has 0 aliphatic heterocycles. The van der Waals surface area contributed by atoms with Gasteiger partial charge in [-0.3, -0.25) is 10.1 Å². The van der Waals surface area contributed by atoms with Crippen molar-refractivity contribution in [3.8, 4) is 17.1 Å². The van der Waals surface area contributed by atoms with Crippen LogP contribution in [-0.2, 0) is 11.3 Å². The van der Waals surface area contributed by atoms with E-state index in [1.54, 1.807) is 13.2 Å². The maximum Gasteiger partial charge on any atom is 0.321 e. The van der Waals surface area contributed by atoms with Crippen molar-refractivity contribution in [2.45, 2.75) is 11.7 Å². The van der Waals surface area contributed by atoms with Crippen LogP contribution < -0.4 is 21.2 Å². The number of urea groups is 1. The summed E-state index contributed by atoms with van der Waals surface area (Å²) in [6.07, 6.45) is 0. The Bertz CT molecular complexity index is 993. The number of aromatic nitrogens is 3. The van der Waals surface area contributed by atoms with Crippen molar-refractivity contribution in [1.82, 2.24) is 25.5 Å². The second kappa shape index (κ2) is 9.60. The van der Waals surface area contributed by atoms with Crippen LogP contribution in [0.25, 0.3) is 11.4 Å². The zero-order valence-corrected chi connectivity index (χ0v) is 16.5. The lowest BCUT2D eigenvalue weighted by atomic mass is 10.2. The van der Waals surface area contributed by atoms with Crippen molar-refractivity contribution >= 4 is 23.7 Å². The number of imide groups is 1. The molecule has 150 valence electrons. The average molecular weight is 412 g/mol. The van der Waals surface area contributed by atoms with Crippen molar-refractivity contribution in [1.29, 1.82) is 0 Å². The number of methoxy groups -OCH3 is 1. The number of nitrogens with zero attached hydrogens (tertiary/aromatic N) is 3. The molecule has 0 saturated heterocycles. The number of nitrogen functional groups attached to an aromatic ring is 1. The molecule has 0 bridgehead atoms. The number of carbonyl (C=O) groups excluding carboxylic acids is 2. The second-order valence-electron chi connectivity index (χ2n) is 5.88. The van der Waals surface area contributed by atoms with Gasteiger partial charge in [-0.05, 0) is 17.7 Å². The molecule has 1 aromatic heterocycles. The molecule has 0 fully saturated rings. The van der Waals surface area contributed by atoms with Crippen LogP contribution in [0.3, 0.4) is 0 Å². The van der Waals surface area contributed by atoms with Crippen molar-refractivity contribution in [2.24, 2.45) is 0 Å². The number of rotatable bonds is 7. The number of nitrogens with one attached hydrogen (secondary N) is 2. The SMILES string of the molecule is COc1ccccc1-c1nnc(SCC(=O)NC(=O)NCc2ccccc2)n1N. The lowest BCUT2D eigenvalue weighted by Gasteiger charge is -2.08. The van der Waals surface area contributed by atoms with Crippen LogP contribution in [0.2, 0.25) is 0 Å². The van der Waals surface area contributed by atoms with E-state index in [-0.39, 0.29) is 5.75 Å². The maximum absolute atomic E-state index is 12.0. The summed E-state index contributed by atoms with van der Waals surface area (Å²) in [5.41, 5.74) is 1.62. The highest BCUT2D eigenvalue weighted by Crippen LogP contribution is 2.29. The Labute approximate surface area is 171 Å². The number of benzene rings is 2. The van der Waals surface area contributed by atoms with Gasteiger partial charge in [0.25, 0.3) is 0 Å². The first-order chi connectivity index (χ1) is 14.1. The Morgan fingerprint density at radius 1 is 1.10 bits per heavy atom. The molecule has 0 unspecified atom stereocenters. The molecule has 0 spiro atoms. The van der Waals surface area contributed by atoms with Gasteiger partial charge < -0.3 is 15.9 Å². The number of ether oxygens (including phenoxy) is 1. The third-order valence-corrected chi connectivity index (χ3v) is 4.84. The normalized spacial score (nSPS) is 10.4. The molecule has 10 heteroatoms. The first kappa shape index (κ1) is 20.2. The first-order valence-corrected chi connectivity index (χ1v) is 9.65. The summed E-state index contributed by atoms with van der Waals surface area (Å²) in [6, 6.07) is 16.1. The highest BCUT2D eigenvalue weighted by molar-refractivity contribution is 7.99. The van der Waals surface area contributed by atoms with E-state index in [9.17, 15) is 9.59 Å². The van der Waals surface area contributed by atoms with Crippen LogP contribution in [0.15, 0.2) is 59.8 Å². The topological polar surface area (TPSA) is 124 Å². The average Bonchev–Trinajstić information content (AvgIpc) is 3.11. The molecule has 2 aromatic carbocycles. The number of nitrogens with two attached hydrogens (primary N) is 1. The van der Waals surface area contributed by atoms with Gasteiger partial charge in [0.05, 0.1) is 18.4 Å². The molecule has 0 saturated carbocycles. The third-order valence-electron chi connectivity index (χ3n) is 3.89. The van der Waals surface area contributed by atoms with Gasteiger partial charge in [-0.1, -0.05) is 54.2 Å². The van der Waals surface area contributed by atoms with Crippen molar-refractivity contribution < 1.29 is 14.3 Å². The van der Waals surface area contributed by atoms with Crippen LogP contribution in [0, 0.1) is 0 Å². The van der Waals surface area contributed by atoms with Crippen molar-refractivity contribution in [2.75, 3.05) is 18.7 Å². The van der Waals surface area contributed by atoms with Gasteiger partial charge >= 0.3 is 6.03 Å². The number of carbonyl (C=O) groups is 2. The van der Waals surface area contributed by atoms with Crippen LogP contribution in [0.4, 0.5) is 4.79 Å². The minimum atomic E-state index is -0.566. The minimum absolute atomic E-state index is 0.0417. The van der Waals surface area contributed by atoms with E-state index in [2.05, 4.69) is 20.8 Å². The largest absolute Gasteiger partial charge is 0.496 e. The number of para-hydroxylation sites is 1. The molecule has 3 rings (SSSR count). The van der Waals surface area contributed by atoms with E-state index in [0.717, 1.165) is 17.3 Å². The Hall–Kier alpha value is -3.53. The number of hydrogen-bond acceptors (Lipinski definition) is 7. The van der Waals surface area contributed by atoms with Crippen LogP contribution in [0.1, 0.15) is 5.56 Å². The van der Waals surface area contributed by atoms with Gasteiger partial charge in [-0.15, -0.1) is 10.2 Å². The summed E-state index contributed by atoms with van der Waals surface area (Å²) in [7, 11) is 1.55. The zero-order valence-electron chi connectivity index (χ0n) is 15.7. The molecule has 0 atom stereocenters. The minimum Gasteiger partial charge on any atom is -0.496 e. The van der Waals surface area contributed by atoms with Gasteiger partial charge in [0.15, 0.2) is 5.82 Å². The smallest absolute Gasteiger partial charge is 0.321 e. The van der Waals surface area contributed by atoms with Crippen molar-refractivity contribution in [3.05, 3.63) is 60.2 Å². The Kier molecular flexibility index (Phi) is 6.69. The van der Waals surface area contributed by atoms with E-state index >= 15 is 0 Å². The fourth-order valence-corrected chi connectivity index (χ4v) is 3.16. The monoisotopic (exact) mass is 412 g/mol. The fraction of sp³-hybridized carbons (Fsp3) is 0.158. The summed E-state index contributed by atoms with van der Waals surface area (Å²) in [5, 5.41) is 13.3. The van der Waals surface area contributed by atoms with Crippen LogP contribution >= 0.6 is 11.8 Å². The van der Waals surface area contributed by atoms with E-state index in [0.29, 0.717) is 28.8 Å². The van der Waals surface area contributed by atoms with Crippen LogP contribution in [0.5, 0.6) is 5.75 Å². The zero-order chi connectivity index (χ0) is 20.6. The molecule has 29 heavy (non-hydrogen) atoms. The Morgan fingerprint density at radius 3 is 2.59 bits per heavy atom. The Morgan fingerprint density at radius 2 is 1.83 bits per heavy atom. The summed E-state index contributed by atoms with van der Waals surface area (Å²) in [6.45, 7) is 0.326. The van der Waals surface area contributed by atoms with E-state index in [4.69, 9.17) is 10.6 Å². The summed E-state index contributed by atoms with van der Waals surface area (Å²) in [4.78, 5) is 23.9. The third kappa shape index (κ3) is 5.26. The summed E-state index contributed by atoms with van der Waals surface area (Å²) < 4.78 is 6.59. The highest BCUT2D eigenvalue weighted by atomic mass is 32.2. The quantitative estimate of drug-likeness (QED) is 0.399. The van der Waals surface area contributed by atoms with Gasteiger partial charge in [-0.25, -0.2) is 9.47 Å². The van der Waals surface area contributed by atoms with Gasteiger partial charge in [0.2, 0.25) is 11.1 Å². The number of amides is 3. The lowest BCUT2D eigenvalue weighted by Crippen LogP contribution is -2.40. The molecule has 3 amide bonds. The molecular weight excluding hydrogens is 392 g/mol. The molecule has 0 aliphatic carbocycles. The molecule has 3 aromatic rings. The van der Waals surface area contributed by atoms with Gasteiger partial charge in [0, 0.05) is 6.54 Å². The second-order valence-corrected chi connectivity index (χ2v) is 6.82. The van der Waals surface area contributed by atoms with Crippen LogP contribution in [-0.4, -0.2) is 39.7 Å². The van der Waals surface area contributed by atoms with Gasteiger partial charge in [-0.2, -0.15) is 0 Å². The highest BCUT2D eigenvalue weighted by Gasteiger charge is 2.17. The molecule has 9 nitrogen and oxygen atoms in total. The molecule has 0 radical (unpaired) electrons. The summed E-state index contributed by atoms with van der Waals surface area (Å²) >= 11 is 1.07. The molecule has 0 aliphatic rings. The number of hydrogen-bond donors (Lipinski definition) is 3. The maximum atomic E-state index is 12.0. The lowest BCUT2D eigenvalue weighted by molar-refractivity contribution is -0.117. The van der Waals surface area contributed by atoms with Gasteiger partial charge in [0.1, 0.15) is 5.75 Å². The van der Waals surface area contributed by atoms with Crippen molar-refractivity contribution in [3.63, 3.8) is 0 Å². The molecule has 1 heterocycles. The Balaban J connectivity index is 1.53. The van der Waals surface area contributed by atoms with E-state index in [1.807, 2.05) is 48.5 Å². The fourth-order valence-electron chi connectivity index (χ4n) is 2.50. The predicted octanol–water partition coefficient (Wildman–Crippen LogP) is 1.79. The number of thioether (sulfide) groups is 1. The summed E-state index contributed by atoms with van der Waals surface area (Å²) in [5.74, 6) is 6.57.